The monoisotopic (exact) mass is 370 g/mol. The van der Waals surface area contributed by atoms with Gasteiger partial charge in [-0.1, -0.05) is 60.7 Å². The lowest BCUT2D eigenvalue weighted by molar-refractivity contribution is -0.113. The first-order valence-corrected chi connectivity index (χ1v) is 8.90. The van der Waals surface area contributed by atoms with Crippen molar-refractivity contribution in [1.82, 2.24) is 5.32 Å². The number of rotatable bonds is 5. The zero-order chi connectivity index (χ0) is 19.3. The van der Waals surface area contributed by atoms with Gasteiger partial charge in [0.05, 0.1) is 5.69 Å². The second-order valence-corrected chi connectivity index (χ2v) is 6.31. The second kappa shape index (κ2) is 7.80. The average Bonchev–Trinajstić information content (AvgIpc) is 3.02. The van der Waals surface area contributed by atoms with Crippen LogP contribution in [0.25, 0.3) is 6.08 Å². The van der Waals surface area contributed by atoms with Gasteiger partial charge in [0.15, 0.2) is 0 Å². The Morgan fingerprint density at radius 1 is 0.821 bits per heavy atom. The molecule has 1 fully saturated rings. The van der Waals surface area contributed by atoms with E-state index in [2.05, 4.69) is 5.32 Å². The van der Waals surface area contributed by atoms with Crippen LogP contribution in [0.4, 0.5) is 10.5 Å². The first kappa shape index (κ1) is 17.5. The smallest absolute Gasteiger partial charge is 0.333 e. The number of hydrogen-bond donors (Lipinski definition) is 1. The lowest BCUT2D eigenvalue weighted by atomic mass is 10.2. The molecule has 1 aliphatic rings. The number of urea groups is 1. The van der Waals surface area contributed by atoms with Gasteiger partial charge < -0.3 is 10.1 Å². The number of amides is 3. The minimum absolute atomic E-state index is 0.242. The van der Waals surface area contributed by atoms with E-state index in [-0.39, 0.29) is 11.6 Å². The molecule has 0 saturated carbocycles. The summed E-state index contributed by atoms with van der Waals surface area (Å²) in [5.74, 6) is 0.360. The molecular formula is C23H18N2O3. The van der Waals surface area contributed by atoms with Gasteiger partial charge in [-0.3, -0.25) is 4.79 Å². The molecule has 0 spiro atoms. The second-order valence-electron chi connectivity index (χ2n) is 6.31. The highest BCUT2D eigenvalue weighted by Crippen LogP contribution is 2.22. The quantitative estimate of drug-likeness (QED) is 0.536. The van der Waals surface area contributed by atoms with Crippen molar-refractivity contribution >= 4 is 23.7 Å². The van der Waals surface area contributed by atoms with Crippen molar-refractivity contribution in [2.45, 2.75) is 6.61 Å². The Bertz CT molecular complexity index is 1010. The Morgan fingerprint density at radius 3 is 2.14 bits per heavy atom. The fraction of sp³-hybridized carbons (Fsp3) is 0.0435. The summed E-state index contributed by atoms with van der Waals surface area (Å²) in [6, 6.07) is 25.7. The van der Waals surface area contributed by atoms with Crippen LogP contribution in [0.2, 0.25) is 0 Å². The lowest BCUT2D eigenvalue weighted by Gasteiger charge is -2.10. The number of nitrogens with zero attached hydrogens (tertiary/aromatic N) is 1. The highest BCUT2D eigenvalue weighted by atomic mass is 16.5. The molecule has 0 bridgehead atoms. The number of para-hydroxylation sites is 1. The van der Waals surface area contributed by atoms with Gasteiger partial charge in [-0.25, -0.2) is 9.69 Å². The Morgan fingerprint density at radius 2 is 1.46 bits per heavy atom. The van der Waals surface area contributed by atoms with Crippen molar-refractivity contribution in [1.29, 1.82) is 0 Å². The van der Waals surface area contributed by atoms with Gasteiger partial charge in [-0.05, 0) is 41.5 Å². The van der Waals surface area contributed by atoms with Crippen LogP contribution >= 0.6 is 0 Å². The van der Waals surface area contributed by atoms with Crippen LogP contribution in [0.15, 0.2) is 90.6 Å². The molecule has 138 valence electrons. The van der Waals surface area contributed by atoms with E-state index in [4.69, 9.17) is 4.74 Å². The fourth-order valence-corrected chi connectivity index (χ4v) is 2.91. The number of carbonyl (C=O) groups is 2. The van der Waals surface area contributed by atoms with E-state index in [0.29, 0.717) is 12.3 Å². The van der Waals surface area contributed by atoms with E-state index < -0.39 is 6.03 Å². The van der Waals surface area contributed by atoms with Gasteiger partial charge >= 0.3 is 6.03 Å². The molecule has 5 nitrogen and oxygen atoms in total. The van der Waals surface area contributed by atoms with Crippen LogP contribution in [0.3, 0.4) is 0 Å². The highest BCUT2D eigenvalue weighted by Gasteiger charge is 2.34. The van der Waals surface area contributed by atoms with Crippen molar-refractivity contribution in [3.05, 3.63) is 102 Å². The lowest BCUT2D eigenvalue weighted by Crippen LogP contribution is -2.30. The number of nitrogens with one attached hydrogen (secondary N) is 1. The van der Waals surface area contributed by atoms with Crippen molar-refractivity contribution < 1.29 is 14.3 Å². The third-order valence-corrected chi connectivity index (χ3v) is 4.33. The van der Waals surface area contributed by atoms with E-state index in [0.717, 1.165) is 21.8 Å². The minimum Gasteiger partial charge on any atom is -0.489 e. The maximum Gasteiger partial charge on any atom is 0.333 e. The topological polar surface area (TPSA) is 58.6 Å². The number of benzene rings is 3. The van der Waals surface area contributed by atoms with E-state index in [9.17, 15) is 9.59 Å². The number of imide groups is 1. The largest absolute Gasteiger partial charge is 0.489 e. The van der Waals surface area contributed by atoms with E-state index in [1.165, 1.54) is 0 Å². The molecule has 1 aliphatic heterocycles. The summed E-state index contributed by atoms with van der Waals surface area (Å²) < 4.78 is 5.76. The van der Waals surface area contributed by atoms with Crippen molar-refractivity contribution in [2.24, 2.45) is 0 Å². The third kappa shape index (κ3) is 3.78. The SMILES string of the molecule is O=C1N/C(=C/c2ccc(OCc3ccccc3)cc2)C(=O)N1c1ccccc1. The Kier molecular flexibility index (Phi) is 4.89. The molecule has 5 heteroatoms. The normalized spacial score (nSPS) is 15.0. The van der Waals surface area contributed by atoms with Gasteiger partial charge in [0, 0.05) is 0 Å². The molecule has 3 aromatic rings. The standard InChI is InChI=1S/C23H18N2O3/c26-22-21(24-23(27)25(22)19-9-5-2-6-10-19)15-17-11-13-20(14-12-17)28-16-18-7-3-1-4-8-18/h1-15H,16H2,(H,24,27)/b21-15+. The van der Waals surface area contributed by atoms with Gasteiger partial charge in [-0.2, -0.15) is 0 Å². The summed E-state index contributed by atoms with van der Waals surface area (Å²) in [5, 5.41) is 2.63. The maximum absolute atomic E-state index is 12.6. The molecule has 3 amide bonds. The minimum atomic E-state index is -0.453. The molecule has 28 heavy (non-hydrogen) atoms. The Balaban J connectivity index is 1.45. The average molecular weight is 370 g/mol. The van der Waals surface area contributed by atoms with Crippen molar-refractivity contribution in [3.8, 4) is 5.75 Å². The van der Waals surface area contributed by atoms with E-state index in [1.54, 1.807) is 30.3 Å². The predicted molar refractivity (Wildman–Crippen MR) is 108 cm³/mol. The summed E-state index contributed by atoms with van der Waals surface area (Å²) in [6.45, 7) is 0.488. The summed E-state index contributed by atoms with van der Waals surface area (Å²) in [7, 11) is 0. The molecule has 4 rings (SSSR count). The van der Waals surface area contributed by atoms with Gasteiger partial charge in [0.25, 0.3) is 5.91 Å². The fourth-order valence-electron chi connectivity index (χ4n) is 2.91. The molecule has 0 aliphatic carbocycles. The molecule has 0 radical (unpaired) electrons. The number of anilines is 1. The first-order valence-electron chi connectivity index (χ1n) is 8.90. The summed E-state index contributed by atoms with van der Waals surface area (Å²) >= 11 is 0. The predicted octanol–water partition coefficient (Wildman–Crippen LogP) is 4.36. The van der Waals surface area contributed by atoms with Crippen molar-refractivity contribution in [2.75, 3.05) is 4.90 Å². The molecule has 0 atom stereocenters. The zero-order valence-electron chi connectivity index (χ0n) is 15.0. The molecule has 3 aromatic carbocycles. The molecule has 1 saturated heterocycles. The van der Waals surface area contributed by atoms with Crippen LogP contribution in [0, 0.1) is 0 Å². The van der Waals surface area contributed by atoms with E-state index in [1.807, 2.05) is 60.7 Å². The van der Waals surface area contributed by atoms with Gasteiger partial charge in [-0.15, -0.1) is 0 Å². The van der Waals surface area contributed by atoms with Crippen LogP contribution < -0.4 is 15.0 Å². The van der Waals surface area contributed by atoms with Gasteiger partial charge in [0.2, 0.25) is 0 Å². The Labute approximate surface area is 162 Å². The van der Waals surface area contributed by atoms with Crippen LogP contribution in [-0.2, 0) is 11.4 Å². The maximum atomic E-state index is 12.6. The Hall–Kier alpha value is -3.86. The number of ether oxygens (including phenoxy) is 1. The number of carbonyl (C=O) groups excluding carboxylic acids is 2. The summed E-state index contributed by atoms with van der Waals surface area (Å²) in [4.78, 5) is 25.9. The van der Waals surface area contributed by atoms with Crippen molar-refractivity contribution in [3.63, 3.8) is 0 Å². The molecule has 0 unspecified atom stereocenters. The third-order valence-electron chi connectivity index (χ3n) is 4.33. The van der Waals surface area contributed by atoms with Crippen LogP contribution in [0.5, 0.6) is 5.75 Å². The van der Waals surface area contributed by atoms with Crippen LogP contribution in [0.1, 0.15) is 11.1 Å². The molecule has 0 aromatic heterocycles. The van der Waals surface area contributed by atoms with E-state index >= 15 is 0 Å². The van der Waals surface area contributed by atoms with Crippen LogP contribution in [-0.4, -0.2) is 11.9 Å². The van der Waals surface area contributed by atoms with Gasteiger partial charge in [0.1, 0.15) is 18.1 Å². The number of hydrogen-bond acceptors (Lipinski definition) is 3. The highest BCUT2D eigenvalue weighted by molar-refractivity contribution is 6.28. The summed E-state index contributed by atoms with van der Waals surface area (Å²) in [6.07, 6.45) is 1.66. The zero-order valence-corrected chi connectivity index (χ0v) is 15.0. The first-order chi connectivity index (χ1) is 13.7. The summed E-state index contributed by atoms with van der Waals surface area (Å²) in [5.41, 5.74) is 2.67. The molecular weight excluding hydrogens is 352 g/mol. The molecule has 1 heterocycles. The molecule has 1 N–H and O–H groups in total.